The molecule has 1 amide bonds. The van der Waals surface area contributed by atoms with Crippen molar-refractivity contribution < 1.29 is 9.21 Å². The predicted molar refractivity (Wildman–Crippen MR) is 107 cm³/mol. The van der Waals surface area contributed by atoms with Crippen LogP contribution in [0.3, 0.4) is 0 Å². The fraction of sp³-hybridized carbons (Fsp3) is 0.238. The number of oxazole rings is 1. The van der Waals surface area contributed by atoms with Crippen LogP contribution in [0.2, 0.25) is 5.02 Å². The second-order valence-corrected chi connectivity index (χ2v) is 7.16. The van der Waals surface area contributed by atoms with Gasteiger partial charge in [0.15, 0.2) is 17.8 Å². The van der Waals surface area contributed by atoms with Crippen molar-refractivity contribution in [3.63, 3.8) is 0 Å². The number of benzene rings is 1. The number of aromatic amines is 1. The maximum atomic E-state index is 12.6. The number of nitrogens with one attached hydrogen (secondary N) is 2. The van der Waals surface area contributed by atoms with Crippen LogP contribution in [0.25, 0.3) is 16.5 Å². The summed E-state index contributed by atoms with van der Waals surface area (Å²) in [7, 11) is 0. The van der Waals surface area contributed by atoms with Crippen molar-refractivity contribution in [3.8, 4) is 0 Å². The molecule has 1 aliphatic rings. The van der Waals surface area contributed by atoms with E-state index in [2.05, 4.69) is 28.3 Å². The number of carbonyl (C=O) groups is 1. The number of aromatic nitrogens is 2. The highest BCUT2D eigenvalue weighted by Crippen LogP contribution is 2.31. The van der Waals surface area contributed by atoms with Gasteiger partial charge in [-0.15, -0.1) is 0 Å². The SMILES string of the molecule is CC1CC=CC=C1c1ocnc1C(=O)NCCc1c[nH]c2ccc(Cl)cc12. The molecule has 2 N–H and O–H groups in total. The lowest BCUT2D eigenvalue weighted by atomic mass is 9.91. The zero-order chi connectivity index (χ0) is 18.8. The first kappa shape index (κ1) is 17.6. The van der Waals surface area contributed by atoms with Gasteiger partial charge in [0.1, 0.15) is 0 Å². The van der Waals surface area contributed by atoms with Crippen LogP contribution in [0.4, 0.5) is 0 Å². The summed E-state index contributed by atoms with van der Waals surface area (Å²) < 4.78 is 5.52. The number of hydrogen-bond acceptors (Lipinski definition) is 3. The summed E-state index contributed by atoms with van der Waals surface area (Å²) in [5.74, 6) is 0.632. The molecule has 2 aromatic heterocycles. The van der Waals surface area contributed by atoms with Crippen LogP contribution in [0.1, 0.15) is 35.2 Å². The van der Waals surface area contributed by atoms with E-state index in [-0.39, 0.29) is 5.91 Å². The van der Waals surface area contributed by atoms with Gasteiger partial charge in [0, 0.05) is 34.2 Å². The van der Waals surface area contributed by atoms with Crippen LogP contribution >= 0.6 is 11.6 Å². The Morgan fingerprint density at radius 1 is 1.44 bits per heavy atom. The molecule has 1 atom stereocenters. The largest absolute Gasteiger partial charge is 0.443 e. The van der Waals surface area contributed by atoms with Crippen molar-refractivity contribution in [3.05, 3.63) is 71.1 Å². The normalized spacial score (nSPS) is 16.5. The third-order valence-corrected chi connectivity index (χ3v) is 5.12. The van der Waals surface area contributed by atoms with Gasteiger partial charge in [-0.25, -0.2) is 4.98 Å². The molecule has 0 saturated carbocycles. The maximum absolute atomic E-state index is 12.6. The molecule has 0 saturated heterocycles. The van der Waals surface area contributed by atoms with E-state index in [4.69, 9.17) is 16.0 Å². The van der Waals surface area contributed by atoms with Crippen molar-refractivity contribution >= 4 is 34.0 Å². The molecule has 0 spiro atoms. The van der Waals surface area contributed by atoms with E-state index in [1.54, 1.807) is 0 Å². The Bertz CT molecular complexity index is 1040. The van der Waals surface area contributed by atoms with Gasteiger partial charge < -0.3 is 14.7 Å². The van der Waals surface area contributed by atoms with E-state index in [1.165, 1.54) is 6.39 Å². The molecule has 0 radical (unpaired) electrons. The molecule has 5 nitrogen and oxygen atoms in total. The molecular weight excluding hydrogens is 362 g/mol. The van der Waals surface area contributed by atoms with Crippen LogP contribution in [-0.2, 0) is 6.42 Å². The van der Waals surface area contributed by atoms with Gasteiger partial charge in [-0.3, -0.25) is 4.79 Å². The number of amides is 1. The quantitative estimate of drug-likeness (QED) is 0.669. The van der Waals surface area contributed by atoms with Gasteiger partial charge in [-0.05, 0) is 42.5 Å². The minimum Gasteiger partial charge on any atom is -0.443 e. The Hall–Kier alpha value is -2.79. The van der Waals surface area contributed by atoms with E-state index in [0.29, 0.717) is 35.4 Å². The smallest absolute Gasteiger partial charge is 0.273 e. The average Bonchev–Trinajstić information content (AvgIpc) is 3.29. The van der Waals surface area contributed by atoms with Crippen LogP contribution in [-0.4, -0.2) is 22.4 Å². The van der Waals surface area contributed by atoms with Crippen molar-refractivity contribution in [2.24, 2.45) is 5.92 Å². The Kier molecular flexibility index (Phi) is 4.86. The van der Waals surface area contributed by atoms with Crippen molar-refractivity contribution in [2.75, 3.05) is 6.54 Å². The van der Waals surface area contributed by atoms with Crippen molar-refractivity contribution in [2.45, 2.75) is 19.8 Å². The first-order valence-electron chi connectivity index (χ1n) is 8.98. The van der Waals surface area contributed by atoms with E-state index in [0.717, 1.165) is 28.5 Å². The summed E-state index contributed by atoms with van der Waals surface area (Å²) in [6.45, 7) is 2.61. The van der Waals surface area contributed by atoms with Gasteiger partial charge >= 0.3 is 0 Å². The Morgan fingerprint density at radius 3 is 3.19 bits per heavy atom. The topological polar surface area (TPSA) is 70.9 Å². The highest BCUT2D eigenvalue weighted by Gasteiger charge is 2.23. The summed E-state index contributed by atoms with van der Waals surface area (Å²) in [4.78, 5) is 20.0. The van der Waals surface area contributed by atoms with Crippen LogP contribution in [0, 0.1) is 5.92 Å². The third-order valence-electron chi connectivity index (χ3n) is 4.89. The summed E-state index contributed by atoms with van der Waals surface area (Å²) in [5.41, 5.74) is 3.49. The first-order chi connectivity index (χ1) is 13.1. The molecule has 1 aromatic carbocycles. The molecule has 1 aliphatic carbocycles. The zero-order valence-corrected chi connectivity index (χ0v) is 15.7. The Balaban J connectivity index is 1.45. The predicted octanol–water partition coefficient (Wildman–Crippen LogP) is 4.76. The van der Waals surface area contributed by atoms with Crippen molar-refractivity contribution in [1.29, 1.82) is 0 Å². The van der Waals surface area contributed by atoms with Crippen molar-refractivity contribution in [1.82, 2.24) is 15.3 Å². The number of H-pyrrole nitrogens is 1. The fourth-order valence-corrected chi connectivity index (χ4v) is 3.58. The molecule has 0 bridgehead atoms. The van der Waals surface area contributed by atoms with E-state index >= 15 is 0 Å². The number of allylic oxidation sites excluding steroid dienone is 4. The van der Waals surface area contributed by atoms with Gasteiger partial charge in [0.05, 0.1) is 0 Å². The van der Waals surface area contributed by atoms with Gasteiger partial charge in [0.2, 0.25) is 0 Å². The lowest BCUT2D eigenvalue weighted by Crippen LogP contribution is -2.27. The number of halogens is 1. The number of nitrogens with zero attached hydrogens (tertiary/aromatic N) is 1. The fourth-order valence-electron chi connectivity index (χ4n) is 3.41. The second kappa shape index (κ2) is 7.45. The molecule has 138 valence electrons. The lowest BCUT2D eigenvalue weighted by molar-refractivity contribution is 0.0948. The van der Waals surface area contributed by atoms with Crippen LogP contribution in [0.15, 0.2) is 53.4 Å². The van der Waals surface area contributed by atoms with E-state index in [9.17, 15) is 4.79 Å². The lowest BCUT2D eigenvalue weighted by Gasteiger charge is -2.15. The molecule has 1 unspecified atom stereocenters. The summed E-state index contributed by atoms with van der Waals surface area (Å²) in [6.07, 6.45) is 11.0. The highest BCUT2D eigenvalue weighted by atomic mass is 35.5. The maximum Gasteiger partial charge on any atom is 0.273 e. The highest BCUT2D eigenvalue weighted by molar-refractivity contribution is 6.31. The molecule has 0 fully saturated rings. The Labute approximate surface area is 162 Å². The number of fused-ring (bicyclic) bond motifs is 1. The van der Waals surface area contributed by atoms with E-state index < -0.39 is 0 Å². The molecule has 6 heteroatoms. The summed E-state index contributed by atoms with van der Waals surface area (Å²) >= 11 is 6.09. The number of hydrogen-bond donors (Lipinski definition) is 2. The molecule has 27 heavy (non-hydrogen) atoms. The molecular formula is C21H20ClN3O2. The minimum absolute atomic E-state index is 0.223. The summed E-state index contributed by atoms with van der Waals surface area (Å²) in [5, 5.41) is 4.72. The standard InChI is InChI=1S/C21H20ClN3O2/c1-13-4-2-3-5-16(13)20-19(25-12-27-20)21(26)23-9-8-14-11-24-18-7-6-15(22)10-17(14)18/h2-3,5-7,10-13,24H,4,8-9H2,1H3,(H,23,26). The van der Waals surface area contributed by atoms with Crippen LogP contribution < -0.4 is 5.32 Å². The third kappa shape index (κ3) is 3.55. The van der Waals surface area contributed by atoms with Crippen LogP contribution in [0.5, 0.6) is 0 Å². The van der Waals surface area contributed by atoms with Gasteiger partial charge in [0.25, 0.3) is 5.91 Å². The monoisotopic (exact) mass is 381 g/mol. The number of rotatable bonds is 5. The summed E-state index contributed by atoms with van der Waals surface area (Å²) in [6, 6.07) is 5.74. The average molecular weight is 382 g/mol. The zero-order valence-electron chi connectivity index (χ0n) is 15.0. The molecule has 3 aromatic rings. The Morgan fingerprint density at radius 2 is 2.33 bits per heavy atom. The molecule has 4 rings (SSSR count). The first-order valence-corrected chi connectivity index (χ1v) is 9.35. The number of carbonyl (C=O) groups excluding carboxylic acids is 1. The molecule has 2 heterocycles. The second-order valence-electron chi connectivity index (χ2n) is 6.73. The van der Waals surface area contributed by atoms with E-state index in [1.807, 2.05) is 36.5 Å². The minimum atomic E-state index is -0.223. The van der Waals surface area contributed by atoms with Gasteiger partial charge in [-0.1, -0.05) is 36.8 Å². The van der Waals surface area contributed by atoms with Gasteiger partial charge in [-0.2, -0.15) is 0 Å². The molecule has 0 aliphatic heterocycles.